The van der Waals surface area contributed by atoms with Crippen molar-refractivity contribution in [3.63, 3.8) is 0 Å². The number of rotatable bonds is 8. The first-order chi connectivity index (χ1) is 8.51. The summed E-state index contributed by atoms with van der Waals surface area (Å²) >= 11 is 0. The lowest BCUT2D eigenvalue weighted by Crippen LogP contribution is -2.29. The van der Waals surface area contributed by atoms with Crippen LogP contribution in [0.4, 0.5) is 4.39 Å². The van der Waals surface area contributed by atoms with Gasteiger partial charge in [-0.25, -0.2) is 4.39 Å². The van der Waals surface area contributed by atoms with Crippen molar-refractivity contribution in [1.82, 2.24) is 4.90 Å². The van der Waals surface area contributed by atoms with E-state index in [1.165, 1.54) is 20.1 Å². The number of hydrogen-bond donors (Lipinski definition) is 1. The summed E-state index contributed by atoms with van der Waals surface area (Å²) in [4.78, 5) is 26.4. The quantitative estimate of drug-likeness (QED) is 0.236. The van der Waals surface area contributed by atoms with Crippen LogP contribution in [0, 0.1) is 0 Å². The SMILES string of the molecule is CO/N=C(/C)N(C=O)C/C(F)=C\CCCC(=O)O. The fourth-order valence-corrected chi connectivity index (χ4v) is 1.15. The van der Waals surface area contributed by atoms with Gasteiger partial charge in [-0.05, 0) is 19.8 Å². The smallest absolute Gasteiger partial charge is 0.303 e. The van der Waals surface area contributed by atoms with Crippen LogP contribution in [0.5, 0.6) is 0 Å². The van der Waals surface area contributed by atoms with E-state index in [0.717, 1.165) is 4.90 Å². The molecule has 0 aromatic heterocycles. The molecular formula is C11H17FN2O4. The molecule has 18 heavy (non-hydrogen) atoms. The van der Waals surface area contributed by atoms with E-state index in [0.29, 0.717) is 19.3 Å². The van der Waals surface area contributed by atoms with E-state index >= 15 is 0 Å². The Morgan fingerprint density at radius 2 is 2.22 bits per heavy atom. The minimum atomic E-state index is -0.915. The van der Waals surface area contributed by atoms with Crippen molar-refractivity contribution in [2.75, 3.05) is 13.7 Å². The molecule has 1 amide bonds. The van der Waals surface area contributed by atoms with Gasteiger partial charge in [-0.15, -0.1) is 0 Å². The predicted octanol–water partition coefficient (Wildman–Crippen LogP) is 1.53. The van der Waals surface area contributed by atoms with Crippen molar-refractivity contribution in [3.8, 4) is 0 Å². The number of aliphatic carboxylic acids is 1. The lowest BCUT2D eigenvalue weighted by atomic mass is 10.2. The van der Waals surface area contributed by atoms with Crippen LogP contribution in [0.25, 0.3) is 0 Å². The van der Waals surface area contributed by atoms with Crippen molar-refractivity contribution in [2.24, 2.45) is 5.16 Å². The molecule has 0 saturated carbocycles. The van der Waals surface area contributed by atoms with E-state index in [1.807, 2.05) is 0 Å². The Balaban J connectivity index is 4.21. The number of oxime groups is 1. The number of carboxylic acids is 1. The largest absolute Gasteiger partial charge is 0.481 e. The number of hydrogen-bond acceptors (Lipinski definition) is 4. The molecule has 7 heteroatoms. The zero-order valence-electron chi connectivity index (χ0n) is 10.4. The van der Waals surface area contributed by atoms with Crippen molar-refractivity contribution in [2.45, 2.75) is 26.2 Å². The summed E-state index contributed by atoms with van der Waals surface area (Å²) < 4.78 is 13.4. The van der Waals surface area contributed by atoms with Gasteiger partial charge < -0.3 is 9.94 Å². The van der Waals surface area contributed by atoms with Gasteiger partial charge >= 0.3 is 5.97 Å². The maximum atomic E-state index is 13.4. The highest BCUT2D eigenvalue weighted by molar-refractivity contribution is 5.88. The Morgan fingerprint density at radius 1 is 1.56 bits per heavy atom. The molecule has 0 aromatic rings. The van der Waals surface area contributed by atoms with Gasteiger partial charge in [0.1, 0.15) is 18.8 Å². The van der Waals surface area contributed by atoms with Crippen molar-refractivity contribution in [3.05, 3.63) is 11.9 Å². The minimum Gasteiger partial charge on any atom is -0.481 e. The highest BCUT2D eigenvalue weighted by Gasteiger charge is 2.08. The van der Waals surface area contributed by atoms with Crippen LogP contribution in [-0.2, 0) is 14.4 Å². The number of carbonyl (C=O) groups is 2. The lowest BCUT2D eigenvalue weighted by Gasteiger charge is -2.14. The van der Waals surface area contributed by atoms with Gasteiger partial charge in [0.15, 0.2) is 0 Å². The summed E-state index contributed by atoms with van der Waals surface area (Å²) in [5.74, 6) is -1.19. The number of carbonyl (C=O) groups excluding carboxylic acids is 1. The Morgan fingerprint density at radius 3 is 2.72 bits per heavy atom. The maximum Gasteiger partial charge on any atom is 0.303 e. The topological polar surface area (TPSA) is 79.2 Å². The summed E-state index contributed by atoms with van der Waals surface area (Å²) in [6.07, 6.45) is 2.37. The Bertz CT molecular complexity index is 342. The van der Waals surface area contributed by atoms with Gasteiger partial charge in [0, 0.05) is 6.42 Å². The molecule has 0 aliphatic rings. The molecule has 1 N–H and O–H groups in total. The molecule has 0 unspecified atom stereocenters. The maximum absolute atomic E-state index is 13.4. The number of carboxylic acid groups (broad SMARTS) is 1. The van der Waals surface area contributed by atoms with Gasteiger partial charge in [0.2, 0.25) is 6.41 Å². The number of amidine groups is 1. The summed E-state index contributed by atoms with van der Waals surface area (Å²) in [5.41, 5.74) is 0. The summed E-state index contributed by atoms with van der Waals surface area (Å²) in [5, 5.41) is 11.9. The molecule has 0 spiro atoms. The summed E-state index contributed by atoms with van der Waals surface area (Å²) in [7, 11) is 1.32. The third kappa shape index (κ3) is 7.37. The molecule has 0 aliphatic heterocycles. The normalized spacial score (nSPS) is 12.2. The number of halogens is 1. The highest BCUT2D eigenvalue weighted by Crippen LogP contribution is 2.05. The zero-order chi connectivity index (χ0) is 14.0. The predicted molar refractivity (Wildman–Crippen MR) is 63.6 cm³/mol. The minimum absolute atomic E-state index is 0.00860. The summed E-state index contributed by atoms with van der Waals surface area (Å²) in [6.45, 7) is 1.27. The standard InChI is InChI=1S/C11H17FN2O4/c1-9(13-18-2)14(8-15)7-10(12)5-3-4-6-11(16)17/h5,8H,3-4,6-7H2,1-2H3,(H,16,17)/b10-5+,13-9-. The molecular weight excluding hydrogens is 243 g/mol. The van der Waals surface area contributed by atoms with E-state index in [4.69, 9.17) is 5.11 Å². The molecule has 0 saturated heterocycles. The molecule has 0 aliphatic carbocycles. The van der Waals surface area contributed by atoms with Gasteiger partial charge in [-0.3, -0.25) is 14.5 Å². The second kappa shape index (κ2) is 9.15. The van der Waals surface area contributed by atoms with Gasteiger partial charge in [-0.2, -0.15) is 0 Å². The van der Waals surface area contributed by atoms with Crippen LogP contribution in [0.3, 0.4) is 0 Å². The van der Waals surface area contributed by atoms with Crippen LogP contribution in [0.15, 0.2) is 17.1 Å². The molecule has 0 aromatic carbocycles. The lowest BCUT2D eigenvalue weighted by molar-refractivity contribution is -0.137. The number of unbranched alkanes of at least 4 members (excludes halogenated alkanes) is 1. The van der Waals surface area contributed by atoms with Crippen molar-refractivity contribution >= 4 is 18.2 Å². The summed E-state index contributed by atoms with van der Waals surface area (Å²) in [6, 6.07) is 0. The first-order valence-corrected chi connectivity index (χ1v) is 5.37. The van der Waals surface area contributed by atoms with Gasteiger partial charge in [-0.1, -0.05) is 11.2 Å². The third-order valence-electron chi connectivity index (χ3n) is 2.05. The van der Waals surface area contributed by atoms with E-state index in [9.17, 15) is 14.0 Å². The van der Waals surface area contributed by atoms with Crippen molar-refractivity contribution < 1.29 is 23.9 Å². The number of amides is 1. The molecule has 0 atom stereocenters. The van der Waals surface area contributed by atoms with Crippen LogP contribution in [0.1, 0.15) is 26.2 Å². The first-order valence-electron chi connectivity index (χ1n) is 5.37. The second-order valence-electron chi connectivity index (χ2n) is 3.49. The van der Waals surface area contributed by atoms with Crippen molar-refractivity contribution in [1.29, 1.82) is 0 Å². The third-order valence-corrected chi connectivity index (χ3v) is 2.05. The molecule has 6 nitrogen and oxygen atoms in total. The number of nitrogens with zero attached hydrogens (tertiary/aromatic N) is 2. The Labute approximate surface area is 105 Å². The highest BCUT2D eigenvalue weighted by atomic mass is 19.1. The first kappa shape index (κ1) is 16.1. The molecule has 0 radical (unpaired) electrons. The zero-order valence-corrected chi connectivity index (χ0v) is 10.4. The van der Waals surface area contributed by atoms with E-state index in [-0.39, 0.29) is 18.8 Å². The van der Waals surface area contributed by atoms with E-state index in [2.05, 4.69) is 9.99 Å². The van der Waals surface area contributed by atoms with E-state index < -0.39 is 11.8 Å². The average Bonchev–Trinajstić information content (AvgIpc) is 2.31. The fraction of sp³-hybridized carbons (Fsp3) is 0.545. The van der Waals surface area contributed by atoms with Gasteiger partial charge in [0.05, 0.1) is 6.54 Å². The van der Waals surface area contributed by atoms with Crippen LogP contribution in [-0.4, -0.2) is 41.9 Å². The Hall–Kier alpha value is -1.92. The average molecular weight is 260 g/mol. The monoisotopic (exact) mass is 260 g/mol. The second-order valence-corrected chi connectivity index (χ2v) is 3.49. The molecule has 102 valence electrons. The van der Waals surface area contributed by atoms with E-state index in [1.54, 1.807) is 0 Å². The fourth-order valence-electron chi connectivity index (χ4n) is 1.15. The molecule has 0 heterocycles. The number of allylic oxidation sites excluding steroid dienone is 1. The molecule has 0 rings (SSSR count). The van der Waals surface area contributed by atoms with Crippen LogP contribution >= 0.6 is 0 Å². The van der Waals surface area contributed by atoms with Crippen LogP contribution < -0.4 is 0 Å². The molecule has 0 fully saturated rings. The van der Waals surface area contributed by atoms with Gasteiger partial charge in [0.25, 0.3) is 0 Å². The molecule has 0 bridgehead atoms. The van der Waals surface area contributed by atoms with Crippen LogP contribution in [0.2, 0.25) is 0 Å². The Kier molecular flexibility index (Phi) is 8.17.